The molecule has 4 rings (SSSR count). The first kappa shape index (κ1) is 16.7. The molecule has 6 nitrogen and oxygen atoms in total. The van der Waals surface area contributed by atoms with E-state index >= 15 is 0 Å². The van der Waals surface area contributed by atoms with Gasteiger partial charge in [-0.05, 0) is 61.4 Å². The van der Waals surface area contributed by atoms with Crippen molar-refractivity contribution >= 4 is 15.7 Å². The summed E-state index contributed by atoms with van der Waals surface area (Å²) in [6.07, 6.45) is 3.93. The van der Waals surface area contributed by atoms with E-state index in [2.05, 4.69) is 9.71 Å². The lowest BCUT2D eigenvalue weighted by Gasteiger charge is -2.09. The molecule has 1 aliphatic carbocycles. The monoisotopic (exact) mass is 370 g/mol. The number of aromatic nitrogens is 1. The maximum atomic E-state index is 12.5. The van der Waals surface area contributed by atoms with Gasteiger partial charge >= 0.3 is 0 Å². The summed E-state index contributed by atoms with van der Waals surface area (Å²) >= 11 is 0. The molecule has 2 aromatic carbocycles. The van der Waals surface area contributed by atoms with Crippen molar-refractivity contribution in [1.29, 1.82) is 0 Å². The second-order valence-electron chi connectivity index (χ2n) is 6.20. The number of nitrogens with zero attached hydrogens (tertiary/aromatic N) is 1. The highest BCUT2D eigenvalue weighted by Gasteiger charge is 2.28. The smallest absolute Gasteiger partial charge is 0.261 e. The lowest BCUT2D eigenvalue weighted by atomic mass is 10.2. The number of rotatable bonds is 6. The average Bonchev–Trinajstić information content (AvgIpc) is 3.39. The minimum absolute atomic E-state index is 0.180. The molecular weight excluding hydrogens is 352 g/mol. The van der Waals surface area contributed by atoms with Gasteiger partial charge in [0.1, 0.15) is 5.75 Å². The van der Waals surface area contributed by atoms with Gasteiger partial charge in [0, 0.05) is 17.2 Å². The molecule has 0 saturated heterocycles. The Labute approximate surface area is 151 Å². The second kappa shape index (κ2) is 6.49. The molecule has 134 valence electrons. The molecule has 7 heteroatoms. The van der Waals surface area contributed by atoms with Gasteiger partial charge in [-0.1, -0.05) is 0 Å². The van der Waals surface area contributed by atoms with E-state index in [0.29, 0.717) is 23.1 Å². The van der Waals surface area contributed by atoms with Crippen LogP contribution in [0.25, 0.3) is 11.3 Å². The number of oxazole rings is 1. The van der Waals surface area contributed by atoms with Crippen LogP contribution in [-0.4, -0.2) is 20.5 Å². The van der Waals surface area contributed by atoms with Crippen LogP contribution in [0.5, 0.6) is 5.75 Å². The van der Waals surface area contributed by atoms with E-state index in [9.17, 15) is 8.42 Å². The number of benzene rings is 2. The van der Waals surface area contributed by atoms with Crippen molar-refractivity contribution in [1.82, 2.24) is 4.98 Å². The summed E-state index contributed by atoms with van der Waals surface area (Å²) in [7, 11) is -2.11. The highest BCUT2D eigenvalue weighted by atomic mass is 32.2. The highest BCUT2D eigenvalue weighted by Crippen LogP contribution is 2.40. The lowest BCUT2D eigenvalue weighted by molar-refractivity contribution is 0.415. The van der Waals surface area contributed by atoms with Gasteiger partial charge in [0.15, 0.2) is 11.7 Å². The Morgan fingerprint density at radius 1 is 1.08 bits per heavy atom. The normalized spacial score (nSPS) is 14.2. The molecule has 1 fully saturated rings. The van der Waals surface area contributed by atoms with E-state index in [1.54, 1.807) is 61.8 Å². The summed E-state index contributed by atoms with van der Waals surface area (Å²) in [5, 5.41) is 0. The zero-order chi connectivity index (χ0) is 18.1. The number of sulfonamides is 1. The summed E-state index contributed by atoms with van der Waals surface area (Å²) in [5.74, 6) is 2.52. The van der Waals surface area contributed by atoms with Crippen molar-refractivity contribution in [2.45, 2.75) is 23.7 Å². The zero-order valence-corrected chi connectivity index (χ0v) is 15.0. The molecule has 0 radical (unpaired) electrons. The molecule has 0 amide bonds. The van der Waals surface area contributed by atoms with Crippen LogP contribution in [0.1, 0.15) is 24.7 Å². The van der Waals surface area contributed by atoms with Crippen molar-refractivity contribution in [3.05, 3.63) is 60.6 Å². The molecular formula is C19H18N2O4S. The van der Waals surface area contributed by atoms with Gasteiger partial charge in [0.25, 0.3) is 10.0 Å². The van der Waals surface area contributed by atoms with Crippen molar-refractivity contribution in [3.8, 4) is 17.1 Å². The topological polar surface area (TPSA) is 81.4 Å². The van der Waals surface area contributed by atoms with Crippen LogP contribution in [0.4, 0.5) is 5.69 Å². The van der Waals surface area contributed by atoms with Gasteiger partial charge in [-0.2, -0.15) is 0 Å². The molecule has 3 aromatic rings. The van der Waals surface area contributed by atoms with Crippen molar-refractivity contribution in [3.63, 3.8) is 0 Å². The SMILES string of the molecule is COc1ccc(NS(=O)(=O)c2ccc(-c3cnc(C4CC4)o3)cc2)cc1. The number of anilines is 1. The van der Waals surface area contributed by atoms with E-state index in [1.807, 2.05) is 0 Å². The maximum Gasteiger partial charge on any atom is 0.261 e. The molecule has 0 bridgehead atoms. The number of hydrogen-bond acceptors (Lipinski definition) is 5. The predicted octanol–water partition coefficient (Wildman–Crippen LogP) is 4.03. The van der Waals surface area contributed by atoms with Gasteiger partial charge in [0.2, 0.25) is 0 Å². The predicted molar refractivity (Wildman–Crippen MR) is 97.7 cm³/mol. The highest BCUT2D eigenvalue weighted by molar-refractivity contribution is 7.92. The molecule has 1 heterocycles. The minimum atomic E-state index is -3.67. The fraction of sp³-hybridized carbons (Fsp3) is 0.211. The number of methoxy groups -OCH3 is 1. The van der Waals surface area contributed by atoms with E-state index in [0.717, 1.165) is 24.3 Å². The van der Waals surface area contributed by atoms with Crippen molar-refractivity contribution < 1.29 is 17.6 Å². The Balaban J connectivity index is 1.52. The van der Waals surface area contributed by atoms with Gasteiger partial charge in [-0.15, -0.1) is 0 Å². The van der Waals surface area contributed by atoms with Gasteiger partial charge in [0.05, 0.1) is 18.2 Å². The molecule has 0 aliphatic heterocycles. The molecule has 0 unspecified atom stereocenters. The Morgan fingerprint density at radius 3 is 2.38 bits per heavy atom. The van der Waals surface area contributed by atoms with Crippen LogP contribution in [0.3, 0.4) is 0 Å². The van der Waals surface area contributed by atoms with E-state index in [-0.39, 0.29) is 4.90 Å². The first-order valence-electron chi connectivity index (χ1n) is 8.28. The summed E-state index contributed by atoms with van der Waals surface area (Å²) in [6, 6.07) is 13.3. The van der Waals surface area contributed by atoms with E-state index in [1.165, 1.54) is 0 Å². The molecule has 1 aliphatic rings. The van der Waals surface area contributed by atoms with E-state index < -0.39 is 10.0 Å². The molecule has 1 N–H and O–H groups in total. The molecule has 0 spiro atoms. The molecule has 0 atom stereocenters. The van der Waals surface area contributed by atoms with Crippen LogP contribution in [0.2, 0.25) is 0 Å². The van der Waals surface area contributed by atoms with Gasteiger partial charge < -0.3 is 9.15 Å². The lowest BCUT2D eigenvalue weighted by Crippen LogP contribution is -2.12. The molecule has 26 heavy (non-hydrogen) atoms. The first-order chi connectivity index (χ1) is 12.5. The summed E-state index contributed by atoms with van der Waals surface area (Å²) in [4.78, 5) is 4.47. The van der Waals surface area contributed by atoms with Crippen LogP contribution in [0.15, 0.2) is 64.0 Å². The van der Waals surface area contributed by atoms with Crippen LogP contribution in [0, 0.1) is 0 Å². The summed E-state index contributed by atoms with van der Waals surface area (Å²) in [6.45, 7) is 0. The Morgan fingerprint density at radius 2 is 1.77 bits per heavy atom. The fourth-order valence-electron chi connectivity index (χ4n) is 2.61. The summed E-state index contributed by atoms with van der Waals surface area (Å²) < 4.78 is 38.4. The molecule has 1 saturated carbocycles. The average molecular weight is 370 g/mol. The van der Waals surface area contributed by atoms with Crippen molar-refractivity contribution in [2.75, 3.05) is 11.8 Å². The first-order valence-corrected chi connectivity index (χ1v) is 9.76. The number of hydrogen-bond donors (Lipinski definition) is 1. The quantitative estimate of drug-likeness (QED) is 0.708. The largest absolute Gasteiger partial charge is 0.497 e. The van der Waals surface area contributed by atoms with E-state index in [4.69, 9.17) is 9.15 Å². The van der Waals surface area contributed by atoms with Gasteiger partial charge in [-0.25, -0.2) is 13.4 Å². The third-order valence-corrected chi connectivity index (χ3v) is 5.64. The minimum Gasteiger partial charge on any atom is -0.497 e. The number of nitrogens with one attached hydrogen (secondary N) is 1. The van der Waals surface area contributed by atoms with Crippen molar-refractivity contribution in [2.24, 2.45) is 0 Å². The van der Waals surface area contributed by atoms with Gasteiger partial charge in [-0.3, -0.25) is 4.72 Å². The van der Waals surface area contributed by atoms with Crippen LogP contribution in [-0.2, 0) is 10.0 Å². The zero-order valence-electron chi connectivity index (χ0n) is 14.2. The Hall–Kier alpha value is -2.80. The Kier molecular flexibility index (Phi) is 4.16. The number of ether oxygens (including phenoxy) is 1. The third-order valence-electron chi connectivity index (χ3n) is 4.24. The summed E-state index contributed by atoms with van der Waals surface area (Å²) in [5.41, 5.74) is 1.27. The fourth-order valence-corrected chi connectivity index (χ4v) is 3.67. The standard InChI is InChI=1S/C19H18N2O4S/c1-24-16-8-6-15(7-9-16)21-26(22,23)17-10-4-13(5-11-17)18-12-20-19(25-18)14-2-3-14/h4-12,14,21H,2-3H2,1H3. The van der Waals surface area contributed by atoms with Crippen LogP contribution >= 0.6 is 0 Å². The van der Waals surface area contributed by atoms with Crippen LogP contribution < -0.4 is 9.46 Å². The third kappa shape index (κ3) is 3.43. The molecule has 1 aromatic heterocycles. The maximum absolute atomic E-state index is 12.5. The Bertz CT molecular complexity index is 1000. The second-order valence-corrected chi connectivity index (χ2v) is 7.88.